The number of alkyl halides is 3. The zero-order valence-corrected chi connectivity index (χ0v) is 16.7. The van der Waals surface area contributed by atoms with Crippen molar-refractivity contribution in [3.63, 3.8) is 0 Å². The van der Waals surface area contributed by atoms with E-state index in [1.165, 1.54) is 0 Å². The molecule has 0 atom stereocenters. The largest absolute Gasteiger partial charge is 0.484 e. The fraction of sp³-hybridized carbons (Fsp3) is 0.130. The van der Waals surface area contributed by atoms with Gasteiger partial charge in [-0.15, -0.1) is 0 Å². The topological polar surface area (TPSA) is 76.7 Å². The number of rotatable bonds is 8. The smallest absolute Gasteiger partial charge is 0.416 e. The van der Waals surface area contributed by atoms with Gasteiger partial charge in [-0.25, -0.2) is 0 Å². The highest BCUT2D eigenvalue weighted by Gasteiger charge is 2.30. The number of carbonyl (C=O) groups excluding carboxylic acids is 2. The molecule has 0 aliphatic heterocycles. The molecule has 9 heteroatoms. The molecular formula is C23H19F3N2O4. The molecule has 32 heavy (non-hydrogen) atoms. The van der Waals surface area contributed by atoms with Crippen molar-refractivity contribution in [1.29, 1.82) is 0 Å². The van der Waals surface area contributed by atoms with E-state index in [1.54, 1.807) is 48.5 Å². The first-order valence-electron chi connectivity index (χ1n) is 9.48. The summed E-state index contributed by atoms with van der Waals surface area (Å²) in [6.45, 7) is -0.624. The van der Waals surface area contributed by atoms with Crippen LogP contribution in [0.5, 0.6) is 11.5 Å². The van der Waals surface area contributed by atoms with Gasteiger partial charge >= 0.3 is 6.18 Å². The van der Waals surface area contributed by atoms with Crippen LogP contribution in [0.4, 0.5) is 24.5 Å². The zero-order valence-electron chi connectivity index (χ0n) is 16.7. The number of para-hydroxylation sites is 3. The van der Waals surface area contributed by atoms with Gasteiger partial charge in [0.1, 0.15) is 11.5 Å². The minimum Gasteiger partial charge on any atom is -0.484 e. The van der Waals surface area contributed by atoms with Crippen LogP contribution in [-0.2, 0) is 15.8 Å². The Hall–Kier alpha value is -4.01. The number of anilines is 2. The van der Waals surface area contributed by atoms with Gasteiger partial charge in [-0.1, -0.05) is 30.3 Å². The molecular weight excluding hydrogens is 425 g/mol. The summed E-state index contributed by atoms with van der Waals surface area (Å²) in [5.74, 6) is -0.187. The molecule has 0 bridgehead atoms. The van der Waals surface area contributed by atoms with Crippen molar-refractivity contribution in [1.82, 2.24) is 0 Å². The van der Waals surface area contributed by atoms with Gasteiger partial charge in [-0.3, -0.25) is 9.59 Å². The lowest BCUT2D eigenvalue weighted by atomic mass is 10.2. The van der Waals surface area contributed by atoms with Crippen molar-refractivity contribution in [3.8, 4) is 11.5 Å². The quantitative estimate of drug-likeness (QED) is 0.526. The van der Waals surface area contributed by atoms with Crippen molar-refractivity contribution in [2.45, 2.75) is 6.18 Å². The van der Waals surface area contributed by atoms with Crippen LogP contribution in [0.2, 0.25) is 0 Å². The van der Waals surface area contributed by atoms with Crippen LogP contribution < -0.4 is 20.1 Å². The van der Waals surface area contributed by atoms with Gasteiger partial charge in [0.05, 0.1) is 11.3 Å². The first kappa shape index (κ1) is 22.7. The van der Waals surface area contributed by atoms with Gasteiger partial charge in [0, 0.05) is 5.69 Å². The molecule has 3 rings (SSSR count). The number of benzene rings is 3. The zero-order chi connectivity index (χ0) is 23.0. The minimum atomic E-state index is -4.45. The maximum absolute atomic E-state index is 12.6. The number of carbonyl (C=O) groups is 2. The first-order chi connectivity index (χ1) is 15.3. The lowest BCUT2D eigenvalue weighted by Gasteiger charge is -2.13. The average Bonchev–Trinajstić information content (AvgIpc) is 2.77. The fourth-order valence-corrected chi connectivity index (χ4v) is 2.63. The standard InChI is InChI=1S/C23H19F3N2O4/c24-23(25,26)16-10-12-17(13-11-16)27-21(29)15-32-20-9-5-4-8-19(20)28-22(30)14-31-18-6-2-1-3-7-18/h1-13H,14-15H2,(H,27,29)(H,28,30). The van der Waals surface area contributed by atoms with Crippen LogP contribution >= 0.6 is 0 Å². The number of amides is 2. The molecule has 0 aliphatic carbocycles. The van der Waals surface area contributed by atoms with Crippen LogP contribution in [-0.4, -0.2) is 25.0 Å². The van der Waals surface area contributed by atoms with E-state index in [9.17, 15) is 22.8 Å². The van der Waals surface area contributed by atoms with Gasteiger partial charge < -0.3 is 20.1 Å². The van der Waals surface area contributed by atoms with E-state index in [4.69, 9.17) is 9.47 Å². The van der Waals surface area contributed by atoms with Gasteiger partial charge in [0.25, 0.3) is 11.8 Å². The highest BCUT2D eigenvalue weighted by Crippen LogP contribution is 2.30. The summed E-state index contributed by atoms with van der Waals surface area (Å²) in [4.78, 5) is 24.3. The van der Waals surface area contributed by atoms with Crippen molar-refractivity contribution < 1.29 is 32.2 Å². The summed E-state index contributed by atoms with van der Waals surface area (Å²) in [6.07, 6.45) is -4.45. The van der Waals surface area contributed by atoms with E-state index < -0.39 is 30.2 Å². The monoisotopic (exact) mass is 444 g/mol. The number of hydrogen-bond acceptors (Lipinski definition) is 4. The Kier molecular flexibility index (Phi) is 7.33. The lowest BCUT2D eigenvalue weighted by molar-refractivity contribution is -0.137. The fourth-order valence-electron chi connectivity index (χ4n) is 2.63. The van der Waals surface area contributed by atoms with Crippen LogP contribution in [0.3, 0.4) is 0 Å². The van der Waals surface area contributed by atoms with E-state index in [-0.39, 0.29) is 18.0 Å². The normalized spacial score (nSPS) is 10.8. The van der Waals surface area contributed by atoms with Gasteiger partial charge in [-0.05, 0) is 48.5 Å². The summed E-state index contributed by atoms with van der Waals surface area (Å²) in [5.41, 5.74) is -0.268. The molecule has 0 saturated heterocycles. The molecule has 0 aromatic heterocycles. The van der Waals surface area contributed by atoms with E-state index in [2.05, 4.69) is 10.6 Å². The Morgan fingerprint density at radius 1 is 0.719 bits per heavy atom. The highest BCUT2D eigenvalue weighted by atomic mass is 19.4. The maximum atomic E-state index is 12.6. The van der Waals surface area contributed by atoms with Crippen molar-refractivity contribution >= 4 is 23.2 Å². The molecule has 0 spiro atoms. The van der Waals surface area contributed by atoms with Crippen LogP contribution in [0.15, 0.2) is 78.9 Å². The molecule has 2 amide bonds. The second-order valence-electron chi connectivity index (χ2n) is 6.56. The first-order valence-corrected chi connectivity index (χ1v) is 9.48. The predicted octanol–water partition coefficient (Wildman–Crippen LogP) is 4.74. The summed E-state index contributed by atoms with van der Waals surface area (Å²) in [5, 5.41) is 5.10. The summed E-state index contributed by atoms with van der Waals surface area (Å²) >= 11 is 0. The molecule has 0 radical (unpaired) electrons. The van der Waals surface area contributed by atoms with Gasteiger partial charge in [-0.2, -0.15) is 13.2 Å². The highest BCUT2D eigenvalue weighted by molar-refractivity contribution is 5.94. The Labute approximate surface area is 182 Å². The molecule has 0 unspecified atom stereocenters. The number of ether oxygens (including phenoxy) is 2. The van der Waals surface area contributed by atoms with Crippen LogP contribution in [0, 0.1) is 0 Å². The minimum absolute atomic E-state index is 0.200. The Balaban J connectivity index is 1.52. The van der Waals surface area contributed by atoms with Crippen molar-refractivity contribution in [2.24, 2.45) is 0 Å². The predicted molar refractivity (Wildman–Crippen MR) is 113 cm³/mol. The molecule has 6 nitrogen and oxygen atoms in total. The molecule has 0 aliphatic rings. The molecule has 2 N–H and O–H groups in total. The Bertz CT molecular complexity index is 1050. The number of halogens is 3. The molecule has 166 valence electrons. The van der Waals surface area contributed by atoms with E-state index >= 15 is 0 Å². The van der Waals surface area contributed by atoms with E-state index in [0.29, 0.717) is 11.4 Å². The van der Waals surface area contributed by atoms with Gasteiger partial charge in [0.15, 0.2) is 13.2 Å². The van der Waals surface area contributed by atoms with Crippen molar-refractivity contribution in [3.05, 3.63) is 84.4 Å². The average molecular weight is 444 g/mol. The molecule has 3 aromatic rings. The molecule has 0 saturated carbocycles. The lowest BCUT2D eigenvalue weighted by Crippen LogP contribution is -2.22. The van der Waals surface area contributed by atoms with E-state index in [1.807, 2.05) is 6.07 Å². The molecule has 0 fully saturated rings. The molecule has 0 heterocycles. The summed E-state index contributed by atoms with van der Waals surface area (Å²) in [7, 11) is 0. The van der Waals surface area contributed by atoms with Crippen LogP contribution in [0.25, 0.3) is 0 Å². The van der Waals surface area contributed by atoms with Gasteiger partial charge in [0.2, 0.25) is 0 Å². The Morgan fingerprint density at radius 3 is 2.00 bits per heavy atom. The second kappa shape index (κ2) is 10.3. The third kappa shape index (κ3) is 6.76. The molecule has 3 aromatic carbocycles. The van der Waals surface area contributed by atoms with Crippen molar-refractivity contribution in [2.75, 3.05) is 23.8 Å². The maximum Gasteiger partial charge on any atom is 0.416 e. The second-order valence-corrected chi connectivity index (χ2v) is 6.56. The number of hydrogen-bond donors (Lipinski definition) is 2. The Morgan fingerprint density at radius 2 is 1.31 bits per heavy atom. The summed E-state index contributed by atoms with van der Waals surface area (Å²) < 4.78 is 48.7. The van der Waals surface area contributed by atoms with E-state index in [0.717, 1.165) is 24.3 Å². The number of nitrogens with one attached hydrogen (secondary N) is 2. The van der Waals surface area contributed by atoms with Crippen LogP contribution in [0.1, 0.15) is 5.56 Å². The third-order valence-corrected chi connectivity index (χ3v) is 4.13. The SMILES string of the molecule is O=C(COc1ccccc1NC(=O)COc1ccccc1)Nc1ccc(C(F)(F)F)cc1. The summed E-state index contributed by atoms with van der Waals surface area (Å²) in [6, 6.07) is 19.4. The third-order valence-electron chi connectivity index (χ3n) is 4.13.